The van der Waals surface area contributed by atoms with E-state index in [0.717, 1.165) is 28.4 Å². The molecule has 2 aromatic rings. The SMILES string of the molecule is Cc1nc(-c2ccc(C)c(OC(C)C)c2)c(CC(C)C)s1. The van der Waals surface area contributed by atoms with Gasteiger partial charge < -0.3 is 4.74 Å². The molecule has 0 spiro atoms. The number of nitrogens with zero attached hydrogens (tertiary/aromatic N) is 1. The van der Waals surface area contributed by atoms with Crippen LogP contribution in [-0.4, -0.2) is 11.1 Å². The molecule has 1 aromatic heterocycles. The highest BCUT2D eigenvalue weighted by molar-refractivity contribution is 7.12. The summed E-state index contributed by atoms with van der Waals surface area (Å²) in [5, 5.41) is 1.13. The van der Waals surface area contributed by atoms with Crippen molar-refractivity contribution in [3.8, 4) is 17.0 Å². The van der Waals surface area contributed by atoms with Crippen LogP contribution >= 0.6 is 11.3 Å². The van der Waals surface area contributed by atoms with Gasteiger partial charge in [0.15, 0.2) is 0 Å². The van der Waals surface area contributed by atoms with Gasteiger partial charge in [-0.15, -0.1) is 11.3 Å². The lowest BCUT2D eigenvalue weighted by atomic mass is 10.0. The average Bonchev–Trinajstić information content (AvgIpc) is 2.71. The Morgan fingerprint density at radius 2 is 1.86 bits per heavy atom. The van der Waals surface area contributed by atoms with Crippen LogP contribution in [0.15, 0.2) is 18.2 Å². The van der Waals surface area contributed by atoms with Crippen molar-refractivity contribution in [1.29, 1.82) is 0 Å². The predicted molar refractivity (Wildman–Crippen MR) is 91.3 cm³/mol. The van der Waals surface area contributed by atoms with Gasteiger partial charge in [0.1, 0.15) is 5.75 Å². The second kappa shape index (κ2) is 6.61. The Hall–Kier alpha value is -1.35. The van der Waals surface area contributed by atoms with Gasteiger partial charge in [-0.25, -0.2) is 4.98 Å². The molecule has 0 amide bonds. The molecule has 1 aromatic carbocycles. The molecule has 0 aliphatic carbocycles. The van der Waals surface area contributed by atoms with Gasteiger partial charge in [0.05, 0.1) is 16.8 Å². The Labute approximate surface area is 132 Å². The maximum Gasteiger partial charge on any atom is 0.123 e. The van der Waals surface area contributed by atoms with Gasteiger partial charge in [-0.05, 0) is 51.7 Å². The van der Waals surface area contributed by atoms with Crippen LogP contribution in [0.2, 0.25) is 0 Å². The molecule has 2 rings (SSSR count). The van der Waals surface area contributed by atoms with Crippen molar-refractivity contribution in [2.24, 2.45) is 5.92 Å². The van der Waals surface area contributed by atoms with E-state index in [2.05, 4.69) is 59.7 Å². The van der Waals surface area contributed by atoms with Crippen LogP contribution in [-0.2, 0) is 6.42 Å². The molecule has 0 bridgehead atoms. The smallest absolute Gasteiger partial charge is 0.123 e. The van der Waals surface area contributed by atoms with Crippen molar-refractivity contribution >= 4 is 11.3 Å². The normalized spacial score (nSPS) is 11.4. The van der Waals surface area contributed by atoms with E-state index >= 15 is 0 Å². The highest BCUT2D eigenvalue weighted by Gasteiger charge is 2.14. The van der Waals surface area contributed by atoms with E-state index in [0.29, 0.717) is 5.92 Å². The van der Waals surface area contributed by atoms with Gasteiger partial charge in [-0.3, -0.25) is 0 Å². The van der Waals surface area contributed by atoms with Crippen molar-refractivity contribution in [3.05, 3.63) is 33.6 Å². The fourth-order valence-electron chi connectivity index (χ4n) is 2.33. The molecule has 2 nitrogen and oxygen atoms in total. The first-order valence-electron chi connectivity index (χ1n) is 7.60. The molecule has 0 unspecified atom stereocenters. The number of benzene rings is 1. The topological polar surface area (TPSA) is 22.1 Å². The molecular weight excluding hydrogens is 278 g/mol. The maximum atomic E-state index is 5.91. The molecule has 0 radical (unpaired) electrons. The lowest BCUT2D eigenvalue weighted by Gasteiger charge is -2.14. The summed E-state index contributed by atoms with van der Waals surface area (Å²) < 4.78 is 5.91. The summed E-state index contributed by atoms with van der Waals surface area (Å²) in [7, 11) is 0. The van der Waals surface area contributed by atoms with Crippen molar-refractivity contribution < 1.29 is 4.74 Å². The largest absolute Gasteiger partial charge is 0.491 e. The van der Waals surface area contributed by atoms with Crippen LogP contribution in [0.3, 0.4) is 0 Å². The quantitative estimate of drug-likeness (QED) is 0.736. The van der Waals surface area contributed by atoms with E-state index in [9.17, 15) is 0 Å². The van der Waals surface area contributed by atoms with Gasteiger partial charge >= 0.3 is 0 Å². The summed E-state index contributed by atoms with van der Waals surface area (Å²) >= 11 is 1.81. The Bertz CT molecular complexity index is 614. The van der Waals surface area contributed by atoms with Gasteiger partial charge in [0.2, 0.25) is 0 Å². The molecule has 3 heteroatoms. The van der Waals surface area contributed by atoms with Gasteiger partial charge in [-0.2, -0.15) is 0 Å². The summed E-state index contributed by atoms with van der Waals surface area (Å²) in [6, 6.07) is 6.41. The first-order valence-corrected chi connectivity index (χ1v) is 8.42. The second-order valence-electron chi connectivity index (χ2n) is 6.25. The van der Waals surface area contributed by atoms with Crippen molar-refractivity contribution in [1.82, 2.24) is 4.98 Å². The highest BCUT2D eigenvalue weighted by Crippen LogP contribution is 2.33. The number of aromatic nitrogens is 1. The molecule has 0 fully saturated rings. The van der Waals surface area contributed by atoms with E-state index < -0.39 is 0 Å². The van der Waals surface area contributed by atoms with Crippen molar-refractivity contribution in [2.45, 2.75) is 54.1 Å². The van der Waals surface area contributed by atoms with Crippen LogP contribution in [0.1, 0.15) is 43.1 Å². The van der Waals surface area contributed by atoms with Gasteiger partial charge in [-0.1, -0.05) is 26.0 Å². The number of rotatable bonds is 5. The molecule has 0 atom stereocenters. The van der Waals surface area contributed by atoms with Gasteiger partial charge in [0.25, 0.3) is 0 Å². The Kier molecular flexibility index (Phi) is 5.04. The van der Waals surface area contributed by atoms with E-state index in [1.165, 1.54) is 10.4 Å². The molecule has 0 saturated heterocycles. The Morgan fingerprint density at radius 3 is 2.48 bits per heavy atom. The van der Waals surface area contributed by atoms with Crippen LogP contribution in [0.5, 0.6) is 5.75 Å². The lowest BCUT2D eigenvalue weighted by Crippen LogP contribution is -2.06. The third-order valence-corrected chi connectivity index (χ3v) is 4.22. The van der Waals surface area contributed by atoms with E-state index in [1.807, 2.05) is 11.3 Å². The number of hydrogen-bond acceptors (Lipinski definition) is 3. The van der Waals surface area contributed by atoms with Crippen molar-refractivity contribution in [2.75, 3.05) is 0 Å². The van der Waals surface area contributed by atoms with Crippen LogP contribution in [0.25, 0.3) is 11.3 Å². The molecule has 0 saturated carbocycles. The predicted octanol–water partition coefficient (Wildman–Crippen LogP) is 5.41. The third kappa shape index (κ3) is 4.07. The monoisotopic (exact) mass is 303 g/mol. The zero-order valence-electron chi connectivity index (χ0n) is 13.9. The summed E-state index contributed by atoms with van der Waals surface area (Å²) in [6.45, 7) is 12.8. The average molecular weight is 303 g/mol. The highest BCUT2D eigenvalue weighted by atomic mass is 32.1. The van der Waals surface area contributed by atoms with Crippen molar-refractivity contribution in [3.63, 3.8) is 0 Å². The molecule has 114 valence electrons. The number of ether oxygens (including phenoxy) is 1. The fraction of sp³-hybridized carbons (Fsp3) is 0.500. The molecule has 0 N–H and O–H groups in total. The minimum Gasteiger partial charge on any atom is -0.491 e. The Balaban J connectivity index is 2.42. The minimum atomic E-state index is 0.186. The summed E-state index contributed by atoms with van der Waals surface area (Å²) in [4.78, 5) is 6.12. The van der Waals surface area contributed by atoms with E-state index in [4.69, 9.17) is 9.72 Å². The molecule has 0 aliphatic rings. The second-order valence-corrected chi connectivity index (χ2v) is 7.54. The first kappa shape index (κ1) is 16.0. The number of thiazole rings is 1. The van der Waals surface area contributed by atoms with Gasteiger partial charge in [0, 0.05) is 10.4 Å². The first-order chi connectivity index (χ1) is 9.86. The minimum absolute atomic E-state index is 0.186. The van der Waals surface area contributed by atoms with E-state index in [-0.39, 0.29) is 6.10 Å². The standard InChI is InChI=1S/C18H25NOS/c1-11(2)9-17-18(19-14(6)21-17)15-8-7-13(5)16(10-15)20-12(3)4/h7-8,10-12H,9H2,1-6H3. The summed E-state index contributed by atoms with van der Waals surface area (Å²) in [5.41, 5.74) is 3.46. The number of aryl methyl sites for hydroxylation is 2. The summed E-state index contributed by atoms with van der Waals surface area (Å²) in [5.74, 6) is 1.60. The molecule has 0 aliphatic heterocycles. The summed E-state index contributed by atoms with van der Waals surface area (Å²) in [6.07, 6.45) is 1.26. The fourth-order valence-corrected chi connectivity index (χ4v) is 3.50. The molecular formula is C18H25NOS. The maximum absolute atomic E-state index is 5.91. The third-order valence-electron chi connectivity index (χ3n) is 3.22. The van der Waals surface area contributed by atoms with Crippen LogP contribution < -0.4 is 4.74 Å². The number of hydrogen-bond donors (Lipinski definition) is 0. The lowest BCUT2D eigenvalue weighted by molar-refractivity contribution is 0.241. The van der Waals surface area contributed by atoms with Crippen LogP contribution in [0.4, 0.5) is 0 Å². The molecule has 1 heterocycles. The Morgan fingerprint density at radius 1 is 1.14 bits per heavy atom. The zero-order valence-corrected chi connectivity index (χ0v) is 14.7. The van der Waals surface area contributed by atoms with Crippen LogP contribution in [0, 0.1) is 19.8 Å². The van der Waals surface area contributed by atoms with E-state index in [1.54, 1.807) is 0 Å². The zero-order chi connectivity index (χ0) is 15.6. The molecule has 21 heavy (non-hydrogen) atoms.